The van der Waals surface area contributed by atoms with Crippen molar-refractivity contribution in [3.8, 4) is 0 Å². The Morgan fingerprint density at radius 3 is 2.04 bits per heavy atom. The average molecular weight is 344 g/mol. The van der Waals surface area contributed by atoms with E-state index in [1.165, 1.54) is 11.1 Å². The molecular formula is C20H22ClNO2. The van der Waals surface area contributed by atoms with Crippen LogP contribution in [0.4, 0.5) is 0 Å². The Balaban J connectivity index is 1.74. The normalized spacial score (nSPS) is 22.9. The van der Waals surface area contributed by atoms with Gasteiger partial charge < -0.3 is 10.4 Å². The van der Waals surface area contributed by atoms with E-state index in [0.29, 0.717) is 18.8 Å². The Kier molecular flexibility index (Phi) is 5.22. The molecule has 0 radical (unpaired) electrons. The van der Waals surface area contributed by atoms with Crippen molar-refractivity contribution >= 4 is 17.5 Å². The van der Waals surface area contributed by atoms with Crippen LogP contribution in [-0.4, -0.2) is 29.0 Å². The van der Waals surface area contributed by atoms with Gasteiger partial charge in [-0.25, -0.2) is 0 Å². The van der Waals surface area contributed by atoms with Crippen molar-refractivity contribution in [3.63, 3.8) is 0 Å². The van der Waals surface area contributed by atoms with Gasteiger partial charge in [-0.05, 0) is 29.9 Å². The summed E-state index contributed by atoms with van der Waals surface area (Å²) < 4.78 is 0. The van der Waals surface area contributed by atoms with Crippen molar-refractivity contribution in [3.05, 3.63) is 71.8 Å². The lowest BCUT2D eigenvalue weighted by molar-refractivity contribution is -0.123. The third kappa shape index (κ3) is 3.80. The first-order valence-electron chi connectivity index (χ1n) is 8.26. The van der Waals surface area contributed by atoms with Crippen molar-refractivity contribution in [2.24, 2.45) is 5.92 Å². The largest absolute Gasteiger partial charge is 0.388 e. The van der Waals surface area contributed by atoms with Gasteiger partial charge >= 0.3 is 0 Å². The highest BCUT2D eigenvalue weighted by Gasteiger charge is 2.46. The fraction of sp³-hybridized carbons (Fsp3) is 0.350. The molecule has 0 bridgehead atoms. The molecule has 0 unspecified atom stereocenters. The Hall–Kier alpha value is -1.84. The van der Waals surface area contributed by atoms with Crippen LogP contribution in [0.3, 0.4) is 0 Å². The lowest BCUT2D eigenvalue weighted by Crippen LogP contribution is -2.53. The van der Waals surface area contributed by atoms with Gasteiger partial charge in [0.2, 0.25) is 5.91 Å². The molecule has 0 spiro atoms. The van der Waals surface area contributed by atoms with E-state index in [0.717, 1.165) is 0 Å². The van der Waals surface area contributed by atoms with Crippen molar-refractivity contribution in [2.45, 2.75) is 24.4 Å². The third-order valence-corrected chi connectivity index (χ3v) is 5.05. The summed E-state index contributed by atoms with van der Waals surface area (Å²) >= 11 is 5.49. The molecule has 2 aromatic carbocycles. The van der Waals surface area contributed by atoms with Crippen LogP contribution in [0.2, 0.25) is 0 Å². The van der Waals surface area contributed by atoms with Crippen LogP contribution in [0, 0.1) is 5.92 Å². The first-order chi connectivity index (χ1) is 11.6. The molecule has 0 saturated heterocycles. The highest BCUT2D eigenvalue weighted by molar-refractivity contribution is 6.27. The zero-order chi connectivity index (χ0) is 17.0. The standard InChI is InChI=1S/C20H22ClNO2/c21-13-18(23)22-14-20(24)11-17(12-20)19(15-7-3-1-4-8-15)16-9-5-2-6-10-16/h1-10,17,19,24H,11-14H2,(H,22,23). The van der Waals surface area contributed by atoms with Crippen molar-refractivity contribution < 1.29 is 9.90 Å². The molecule has 24 heavy (non-hydrogen) atoms. The molecule has 0 atom stereocenters. The van der Waals surface area contributed by atoms with Crippen LogP contribution in [0.25, 0.3) is 0 Å². The summed E-state index contributed by atoms with van der Waals surface area (Å²) in [6.07, 6.45) is 1.34. The van der Waals surface area contributed by atoms with Gasteiger partial charge in [-0.15, -0.1) is 11.6 Å². The van der Waals surface area contributed by atoms with E-state index in [1.54, 1.807) is 0 Å². The van der Waals surface area contributed by atoms with Gasteiger partial charge in [0.05, 0.1) is 5.60 Å². The Labute approximate surface area is 147 Å². The van der Waals surface area contributed by atoms with E-state index in [1.807, 2.05) is 12.1 Å². The molecule has 3 rings (SSSR count). The molecule has 1 fully saturated rings. The molecule has 2 aromatic rings. The van der Waals surface area contributed by atoms with Crippen LogP contribution in [0.15, 0.2) is 60.7 Å². The van der Waals surface area contributed by atoms with Gasteiger partial charge in [0.15, 0.2) is 0 Å². The molecule has 1 aliphatic carbocycles. The number of rotatable bonds is 6. The number of alkyl halides is 1. The van der Waals surface area contributed by atoms with Gasteiger partial charge in [-0.1, -0.05) is 60.7 Å². The summed E-state index contributed by atoms with van der Waals surface area (Å²) in [6.45, 7) is 0.269. The number of halogens is 1. The highest BCUT2D eigenvalue weighted by Crippen LogP contribution is 2.48. The van der Waals surface area contributed by atoms with Gasteiger partial charge in [0.1, 0.15) is 5.88 Å². The molecule has 1 saturated carbocycles. The molecule has 0 heterocycles. The maximum atomic E-state index is 11.3. The molecule has 126 valence electrons. The molecule has 1 amide bonds. The summed E-state index contributed by atoms with van der Waals surface area (Å²) in [5.74, 6) is 0.302. The number of amides is 1. The Morgan fingerprint density at radius 2 is 1.58 bits per heavy atom. The monoisotopic (exact) mass is 343 g/mol. The van der Waals surface area contributed by atoms with E-state index >= 15 is 0 Å². The molecular weight excluding hydrogens is 322 g/mol. The third-order valence-electron chi connectivity index (χ3n) is 4.81. The van der Waals surface area contributed by atoms with Crippen LogP contribution in [0.1, 0.15) is 29.9 Å². The predicted molar refractivity (Wildman–Crippen MR) is 96.1 cm³/mol. The zero-order valence-corrected chi connectivity index (χ0v) is 14.2. The summed E-state index contributed by atoms with van der Waals surface area (Å²) in [5.41, 5.74) is 1.70. The van der Waals surface area contributed by atoms with E-state index in [2.05, 4.69) is 53.8 Å². The number of carbonyl (C=O) groups excluding carboxylic acids is 1. The topological polar surface area (TPSA) is 49.3 Å². The van der Waals surface area contributed by atoms with Gasteiger partial charge in [-0.3, -0.25) is 4.79 Å². The fourth-order valence-electron chi connectivity index (χ4n) is 3.66. The second-order valence-electron chi connectivity index (χ2n) is 6.60. The number of carbonyl (C=O) groups is 1. The van der Waals surface area contributed by atoms with Crippen LogP contribution in [-0.2, 0) is 4.79 Å². The van der Waals surface area contributed by atoms with Crippen molar-refractivity contribution in [1.82, 2.24) is 5.32 Å². The highest BCUT2D eigenvalue weighted by atomic mass is 35.5. The molecule has 0 aromatic heterocycles. The van der Waals surface area contributed by atoms with Crippen molar-refractivity contribution in [1.29, 1.82) is 0 Å². The minimum atomic E-state index is -0.825. The van der Waals surface area contributed by atoms with E-state index in [9.17, 15) is 9.90 Å². The van der Waals surface area contributed by atoms with E-state index < -0.39 is 5.60 Å². The summed E-state index contributed by atoms with van der Waals surface area (Å²) in [5, 5.41) is 13.3. The minimum Gasteiger partial charge on any atom is -0.388 e. The van der Waals surface area contributed by atoms with Crippen molar-refractivity contribution in [2.75, 3.05) is 12.4 Å². The second-order valence-corrected chi connectivity index (χ2v) is 6.87. The van der Waals surface area contributed by atoms with E-state index in [4.69, 9.17) is 11.6 Å². The summed E-state index contributed by atoms with van der Waals surface area (Å²) in [4.78, 5) is 11.3. The lowest BCUT2D eigenvalue weighted by Gasteiger charge is -2.47. The zero-order valence-electron chi connectivity index (χ0n) is 13.5. The second kappa shape index (κ2) is 7.37. The number of hydrogen-bond donors (Lipinski definition) is 2. The average Bonchev–Trinajstić information content (AvgIpc) is 2.60. The van der Waals surface area contributed by atoms with Gasteiger partial charge in [0.25, 0.3) is 0 Å². The molecule has 3 nitrogen and oxygen atoms in total. The minimum absolute atomic E-state index is 0.0732. The number of benzene rings is 2. The number of aliphatic hydroxyl groups is 1. The molecule has 0 aliphatic heterocycles. The maximum Gasteiger partial charge on any atom is 0.235 e. The maximum absolute atomic E-state index is 11.3. The van der Waals surface area contributed by atoms with Crippen LogP contribution in [0.5, 0.6) is 0 Å². The quantitative estimate of drug-likeness (QED) is 0.790. The summed E-state index contributed by atoms with van der Waals surface area (Å²) in [7, 11) is 0. The molecule has 2 N–H and O–H groups in total. The smallest absolute Gasteiger partial charge is 0.235 e. The molecule has 4 heteroatoms. The SMILES string of the molecule is O=C(CCl)NCC1(O)CC(C(c2ccccc2)c2ccccc2)C1. The molecule has 1 aliphatic rings. The first-order valence-corrected chi connectivity index (χ1v) is 8.80. The first kappa shape index (κ1) is 17.0. The predicted octanol–water partition coefficient (Wildman–Crippen LogP) is 3.31. The lowest BCUT2D eigenvalue weighted by atomic mass is 9.62. The van der Waals surface area contributed by atoms with Gasteiger partial charge in [-0.2, -0.15) is 0 Å². The summed E-state index contributed by atoms with van der Waals surface area (Å²) in [6, 6.07) is 20.8. The Morgan fingerprint density at radius 1 is 1.08 bits per heavy atom. The fourth-order valence-corrected chi connectivity index (χ4v) is 3.76. The number of hydrogen-bond acceptors (Lipinski definition) is 2. The van der Waals surface area contributed by atoms with Gasteiger partial charge in [0, 0.05) is 12.5 Å². The van der Waals surface area contributed by atoms with Crippen LogP contribution >= 0.6 is 11.6 Å². The van der Waals surface area contributed by atoms with Crippen LogP contribution < -0.4 is 5.32 Å². The number of nitrogens with one attached hydrogen (secondary N) is 1. The Bertz CT molecular complexity index is 629. The van der Waals surface area contributed by atoms with E-state index in [-0.39, 0.29) is 24.2 Å².